The maximum atomic E-state index is 12.3. The zero-order valence-corrected chi connectivity index (χ0v) is 12.6. The molecule has 2 aromatic rings. The van der Waals surface area contributed by atoms with E-state index >= 15 is 0 Å². The Bertz CT molecular complexity index is 844. The standard InChI is InChI=1S/C15H14N2O4S/c1-10(18)11-4-2-6-13(8-11)17-22(20,21)14-7-3-5-12(9-14)15(16)19/h2-9,17H,1H3,(H2,16,19). The lowest BCUT2D eigenvalue weighted by Gasteiger charge is -2.09. The Morgan fingerprint density at radius 3 is 2.27 bits per heavy atom. The molecule has 2 rings (SSSR count). The Morgan fingerprint density at radius 1 is 1.00 bits per heavy atom. The number of hydrogen-bond donors (Lipinski definition) is 2. The van der Waals surface area contributed by atoms with Crippen molar-refractivity contribution in [3.63, 3.8) is 0 Å². The molecule has 114 valence electrons. The van der Waals surface area contributed by atoms with Gasteiger partial charge in [0.25, 0.3) is 10.0 Å². The molecule has 7 heteroatoms. The highest BCUT2D eigenvalue weighted by atomic mass is 32.2. The molecule has 0 saturated heterocycles. The van der Waals surface area contributed by atoms with Crippen LogP contribution >= 0.6 is 0 Å². The van der Waals surface area contributed by atoms with Gasteiger partial charge < -0.3 is 5.73 Å². The number of ketones is 1. The number of carbonyl (C=O) groups is 2. The largest absolute Gasteiger partial charge is 0.366 e. The summed E-state index contributed by atoms with van der Waals surface area (Å²) in [7, 11) is -3.88. The first-order valence-corrected chi connectivity index (χ1v) is 7.81. The molecule has 2 aromatic carbocycles. The van der Waals surface area contributed by atoms with Crippen LogP contribution in [-0.4, -0.2) is 20.1 Å². The summed E-state index contributed by atoms with van der Waals surface area (Å²) in [4.78, 5) is 22.4. The molecule has 22 heavy (non-hydrogen) atoms. The molecule has 0 saturated carbocycles. The molecule has 6 nitrogen and oxygen atoms in total. The van der Waals surface area contributed by atoms with E-state index in [2.05, 4.69) is 4.72 Å². The van der Waals surface area contributed by atoms with Gasteiger partial charge in [-0.3, -0.25) is 14.3 Å². The number of amides is 1. The van der Waals surface area contributed by atoms with Crippen LogP contribution in [0.3, 0.4) is 0 Å². The molecule has 0 aliphatic rings. The van der Waals surface area contributed by atoms with Gasteiger partial charge in [-0.15, -0.1) is 0 Å². The van der Waals surface area contributed by atoms with Crippen LogP contribution in [0, 0.1) is 0 Å². The number of primary amides is 1. The van der Waals surface area contributed by atoms with Crippen LogP contribution < -0.4 is 10.5 Å². The summed E-state index contributed by atoms with van der Waals surface area (Å²) in [5, 5.41) is 0. The fourth-order valence-corrected chi connectivity index (χ4v) is 2.93. The number of hydrogen-bond acceptors (Lipinski definition) is 4. The lowest BCUT2D eigenvalue weighted by Crippen LogP contribution is -2.16. The molecular weight excluding hydrogens is 304 g/mol. The van der Waals surface area contributed by atoms with E-state index in [1.165, 1.54) is 43.3 Å². The molecular formula is C15H14N2O4S. The molecule has 0 unspecified atom stereocenters. The van der Waals surface area contributed by atoms with Gasteiger partial charge in [-0.05, 0) is 37.3 Å². The van der Waals surface area contributed by atoms with Gasteiger partial charge in [0.15, 0.2) is 5.78 Å². The van der Waals surface area contributed by atoms with Crippen LogP contribution in [0.25, 0.3) is 0 Å². The van der Waals surface area contributed by atoms with Crippen molar-refractivity contribution >= 4 is 27.4 Å². The minimum Gasteiger partial charge on any atom is -0.366 e. The summed E-state index contributed by atoms with van der Waals surface area (Å²) < 4.78 is 27.0. The minimum atomic E-state index is -3.88. The fraction of sp³-hybridized carbons (Fsp3) is 0.0667. The lowest BCUT2D eigenvalue weighted by molar-refractivity contribution is 0.0996. The summed E-state index contributed by atoms with van der Waals surface area (Å²) in [6.07, 6.45) is 0. The first-order valence-electron chi connectivity index (χ1n) is 6.33. The third-order valence-electron chi connectivity index (χ3n) is 2.95. The summed E-state index contributed by atoms with van der Waals surface area (Å²) in [6, 6.07) is 11.5. The van der Waals surface area contributed by atoms with Gasteiger partial charge in [-0.2, -0.15) is 0 Å². The molecule has 0 radical (unpaired) electrons. The fourth-order valence-electron chi connectivity index (χ4n) is 1.83. The third kappa shape index (κ3) is 3.50. The molecule has 0 aliphatic carbocycles. The first-order chi connectivity index (χ1) is 10.3. The number of nitrogens with two attached hydrogens (primary N) is 1. The van der Waals surface area contributed by atoms with Crippen LogP contribution in [0.2, 0.25) is 0 Å². The van der Waals surface area contributed by atoms with Crippen molar-refractivity contribution in [2.45, 2.75) is 11.8 Å². The molecule has 0 aromatic heterocycles. The van der Waals surface area contributed by atoms with E-state index < -0.39 is 15.9 Å². The van der Waals surface area contributed by atoms with E-state index in [0.29, 0.717) is 5.56 Å². The second-order valence-corrected chi connectivity index (χ2v) is 6.32. The molecule has 1 amide bonds. The summed E-state index contributed by atoms with van der Waals surface area (Å²) in [5.74, 6) is -0.882. The highest BCUT2D eigenvalue weighted by Gasteiger charge is 2.16. The van der Waals surface area contributed by atoms with Gasteiger partial charge in [0.2, 0.25) is 5.91 Å². The lowest BCUT2D eigenvalue weighted by atomic mass is 10.1. The molecule has 0 atom stereocenters. The van der Waals surface area contributed by atoms with Gasteiger partial charge in [0, 0.05) is 16.8 Å². The van der Waals surface area contributed by atoms with E-state index in [1.54, 1.807) is 12.1 Å². The van der Waals surface area contributed by atoms with Crippen LogP contribution in [0.15, 0.2) is 53.4 Å². The van der Waals surface area contributed by atoms with E-state index in [9.17, 15) is 18.0 Å². The van der Waals surface area contributed by atoms with Crippen LogP contribution in [0.4, 0.5) is 5.69 Å². The zero-order valence-electron chi connectivity index (χ0n) is 11.7. The predicted molar refractivity (Wildman–Crippen MR) is 82.2 cm³/mol. The van der Waals surface area contributed by atoms with E-state index in [0.717, 1.165) is 0 Å². The van der Waals surface area contributed by atoms with Gasteiger partial charge in [-0.25, -0.2) is 8.42 Å². The maximum absolute atomic E-state index is 12.3. The predicted octanol–water partition coefficient (Wildman–Crippen LogP) is 1.79. The Kier molecular flexibility index (Phi) is 4.27. The van der Waals surface area contributed by atoms with Gasteiger partial charge in [0.05, 0.1) is 4.90 Å². The number of nitrogens with one attached hydrogen (secondary N) is 1. The van der Waals surface area contributed by atoms with Crippen LogP contribution in [0.5, 0.6) is 0 Å². The Morgan fingerprint density at radius 2 is 1.64 bits per heavy atom. The molecule has 0 bridgehead atoms. The zero-order chi connectivity index (χ0) is 16.3. The average molecular weight is 318 g/mol. The Hall–Kier alpha value is -2.67. The van der Waals surface area contributed by atoms with Gasteiger partial charge in [-0.1, -0.05) is 18.2 Å². The number of rotatable bonds is 5. The van der Waals surface area contributed by atoms with Gasteiger partial charge in [0.1, 0.15) is 0 Å². The SMILES string of the molecule is CC(=O)c1cccc(NS(=O)(=O)c2cccc(C(N)=O)c2)c1. The minimum absolute atomic E-state index is 0.0861. The smallest absolute Gasteiger partial charge is 0.261 e. The molecule has 0 aliphatic heterocycles. The molecule has 0 spiro atoms. The van der Waals surface area contributed by atoms with Crippen molar-refractivity contribution in [1.82, 2.24) is 0 Å². The monoisotopic (exact) mass is 318 g/mol. The molecule has 3 N–H and O–H groups in total. The maximum Gasteiger partial charge on any atom is 0.261 e. The number of carbonyl (C=O) groups excluding carboxylic acids is 2. The summed E-state index contributed by atoms with van der Waals surface area (Å²) >= 11 is 0. The molecule has 0 heterocycles. The van der Waals surface area contributed by atoms with Gasteiger partial charge >= 0.3 is 0 Å². The number of sulfonamides is 1. The topological polar surface area (TPSA) is 106 Å². The van der Waals surface area contributed by atoms with Crippen LogP contribution in [0.1, 0.15) is 27.6 Å². The average Bonchev–Trinajstić information content (AvgIpc) is 2.47. The summed E-state index contributed by atoms with van der Waals surface area (Å²) in [6.45, 7) is 1.39. The van der Waals surface area contributed by atoms with Crippen molar-refractivity contribution in [2.24, 2.45) is 5.73 Å². The normalized spacial score (nSPS) is 11.0. The number of benzene rings is 2. The Balaban J connectivity index is 2.35. The highest BCUT2D eigenvalue weighted by molar-refractivity contribution is 7.92. The third-order valence-corrected chi connectivity index (χ3v) is 4.33. The summed E-state index contributed by atoms with van der Waals surface area (Å²) in [5.41, 5.74) is 5.89. The van der Waals surface area contributed by atoms with Crippen LogP contribution in [-0.2, 0) is 10.0 Å². The van der Waals surface area contributed by atoms with Crippen molar-refractivity contribution in [2.75, 3.05) is 4.72 Å². The first kappa shape index (κ1) is 15.7. The molecule has 0 fully saturated rings. The van der Waals surface area contributed by atoms with E-state index in [-0.39, 0.29) is 21.9 Å². The number of anilines is 1. The van der Waals surface area contributed by atoms with Crippen molar-refractivity contribution < 1.29 is 18.0 Å². The number of Topliss-reactive ketones (excluding diaryl/α,β-unsaturated/α-hetero) is 1. The quantitative estimate of drug-likeness (QED) is 0.820. The highest BCUT2D eigenvalue weighted by Crippen LogP contribution is 2.18. The van der Waals surface area contributed by atoms with Crippen molar-refractivity contribution in [3.8, 4) is 0 Å². The van der Waals surface area contributed by atoms with Crippen molar-refractivity contribution in [1.29, 1.82) is 0 Å². The second kappa shape index (κ2) is 5.98. The van der Waals surface area contributed by atoms with Crippen molar-refractivity contribution in [3.05, 3.63) is 59.7 Å². The Labute approximate surface area is 128 Å². The second-order valence-electron chi connectivity index (χ2n) is 4.63. The van der Waals surface area contributed by atoms with E-state index in [1.807, 2.05) is 0 Å². The van der Waals surface area contributed by atoms with E-state index in [4.69, 9.17) is 5.73 Å².